The molecule has 5 rings (SSSR count). The van der Waals surface area contributed by atoms with Gasteiger partial charge in [0.25, 0.3) is 5.91 Å². The van der Waals surface area contributed by atoms with E-state index in [1.54, 1.807) is 17.2 Å². The van der Waals surface area contributed by atoms with Gasteiger partial charge in [0.2, 0.25) is 5.91 Å². The van der Waals surface area contributed by atoms with Crippen LogP contribution in [0.25, 0.3) is 0 Å². The third-order valence-electron chi connectivity index (χ3n) is 6.13. The van der Waals surface area contributed by atoms with Crippen LogP contribution in [0.3, 0.4) is 0 Å². The Labute approximate surface area is 193 Å². The van der Waals surface area contributed by atoms with E-state index in [2.05, 4.69) is 6.92 Å². The number of carbonyl (C=O) groups excluding carboxylic acids is 2. The molecular formula is C27H26N2O4. The molecule has 0 unspecified atom stereocenters. The van der Waals surface area contributed by atoms with Crippen LogP contribution in [0.15, 0.2) is 84.9 Å². The van der Waals surface area contributed by atoms with E-state index in [0.717, 1.165) is 29.8 Å². The number of benzene rings is 3. The highest BCUT2D eigenvalue weighted by Gasteiger charge is 2.60. The first kappa shape index (κ1) is 21.2. The van der Waals surface area contributed by atoms with Gasteiger partial charge in [-0.05, 0) is 48.4 Å². The minimum atomic E-state index is -0.872. The van der Waals surface area contributed by atoms with Gasteiger partial charge in [0.1, 0.15) is 11.7 Å². The monoisotopic (exact) mass is 442 g/mol. The Bertz CT molecular complexity index is 1120. The smallest absolute Gasteiger partial charge is 0.266 e. The lowest BCUT2D eigenvalue weighted by atomic mass is 9.90. The number of anilines is 2. The van der Waals surface area contributed by atoms with Crippen LogP contribution in [0.4, 0.5) is 11.4 Å². The molecule has 0 spiro atoms. The molecule has 0 radical (unpaired) electrons. The molecule has 0 saturated carbocycles. The second-order valence-corrected chi connectivity index (χ2v) is 8.28. The molecule has 2 heterocycles. The maximum Gasteiger partial charge on any atom is 0.266 e. The lowest BCUT2D eigenvalue weighted by Gasteiger charge is -2.28. The van der Waals surface area contributed by atoms with E-state index in [1.165, 1.54) is 4.90 Å². The van der Waals surface area contributed by atoms with Crippen LogP contribution in [0, 0.1) is 5.92 Å². The molecule has 3 atom stereocenters. The first-order valence-corrected chi connectivity index (χ1v) is 11.4. The summed E-state index contributed by atoms with van der Waals surface area (Å²) in [5, 5.41) is 1.71. The lowest BCUT2D eigenvalue weighted by molar-refractivity contribution is -0.126. The number of fused-ring (bicyclic) bond motifs is 1. The predicted molar refractivity (Wildman–Crippen MR) is 126 cm³/mol. The average Bonchev–Trinajstić information content (AvgIpc) is 3.37. The van der Waals surface area contributed by atoms with Crippen molar-refractivity contribution < 1.29 is 19.2 Å². The summed E-state index contributed by atoms with van der Waals surface area (Å²) in [7, 11) is 0. The molecule has 33 heavy (non-hydrogen) atoms. The van der Waals surface area contributed by atoms with Crippen molar-refractivity contribution in [1.29, 1.82) is 0 Å². The Morgan fingerprint density at radius 1 is 0.818 bits per heavy atom. The molecule has 0 aromatic heterocycles. The minimum Gasteiger partial charge on any atom is -0.494 e. The van der Waals surface area contributed by atoms with Crippen LogP contribution in [0.2, 0.25) is 0 Å². The number of hydroxylamine groups is 1. The van der Waals surface area contributed by atoms with Gasteiger partial charge in [0.15, 0.2) is 6.10 Å². The molecule has 2 saturated heterocycles. The number of amides is 2. The molecule has 2 amide bonds. The summed E-state index contributed by atoms with van der Waals surface area (Å²) >= 11 is 0. The van der Waals surface area contributed by atoms with E-state index in [-0.39, 0.29) is 11.8 Å². The van der Waals surface area contributed by atoms with Gasteiger partial charge in [-0.25, -0.2) is 9.96 Å². The number of unbranched alkanes of at least 4 members (excludes halogenated alkanes) is 1. The van der Waals surface area contributed by atoms with Gasteiger partial charge in [-0.3, -0.25) is 14.4 Å². The van der Waals surface area contributed by atoms with E-state index in [9.17, 15) is 9.59 Å². The van der Waals surface area contributed by atoms with Crippen molar-refractivity contribution in [2.45, 2.75) is 31.9 Å². The summed E-state index contributed by atoms with van der Waals surface area (Å²) in [6.45, 7) is 2.79. The summed E-state index contributed by atoms with van der Waals surface area (Å²) in [4.78, 5) is 34.3. The van der Waals surface area contributed by atoms with Crippen molar-refractivity contribution in [1.82, 2.24) is 0 Å². The highest BCUT2D eigenvalue weighted by atomic mass is 16.7. The van der Waals surface area contributed by atoms with E-state index >= 15 is 0 Å². The lowest BCUT2D eigenvalue weighted by Crippen LogP contribution is -2.37. The Morgan fingerprint density at radius 3 is 2.09 bits per heavy atom. The first-order valence-electron chi connectivity index (χ1n) is 11.4. The molecule has 2 aliphatic heterocycles. The first-order chi connectivity index (χ1) is 16.2. The molecule has 168 valence electrons. The molecule has 2 fully saturated rings. The fourth-order valence-electron chi connectivity index (χ4n) is 4.48. The Morgan fingerprint density at radius 2 is 1.45 bits per heavy atom. The van der Waals surface area contributed by atoms with E-state index < -0.39 is 18.1 Å². The molecule has 3 aromatic carbocycles. The van der Waals surface area contributed by atoms with E-state index in [4.69, 9.17) is 9.57 Å². The predicted octanol–water partition coefficient (Wildman–Crippen LogP) is 4.92. The van der Waals surface area contributed by atoms with E-state index in [1.807, 2.05) is 72.8 Å². The van der Waals surface area contributed by atoms with Crippen molar-refractivity contribution in [2.75, 3.05) is 16.6 Å². The fourth-order valence-corrected chi connectivity index (χ4v) is 4.48. The summed E-state index contributed by atoms with van der Waals surface area (Å²) in [5.74, 6) is -0.444. The number of rotatable bonds is 7. The third kappa shape index (κ3) is 3.87. The van der Waals surface area contributed by atoms with Gasteiger partial charge in [-0.15, -0.1) is 0 Å². The third-order valence-corrected chi connectivity index (χ3v) is 6.13. The van der Waals surface area contributed by atoms with Crippen LogP contribution < -0.4 is 14.7 Å². The number of ether oxygens (including phenoxy) is 1. The van der Waals surface area contributed by atoms with Crippen molar-refractivity contribution in [3.63, 3.8) is 0 Å². The quantitative estimate of drug-likeness (QED) is 0.384. The number of nitrogens with zero attached hydrogens (tertiary/aromatic N) is 2. The topological polar surface area (TPSA) is 59.1 Å². The van der Waals surface area contributed by atoms with Gasteiger partial charge < -0.3 is 4.74 Å². The van der Waals surface area contributed by atoms with Crippen LogP contribution in [-0.2, 0) is 14.4 Å². The van der Waals surface area contributed by atoms with Crippen molar-refractivity contribution in [3.05, 3.63) is 90.5 Å². The fraction of sp³-hybridized carbons (Fsp3) is 0.259. The Kier molecular flexibility index (Phi) is 5.84. The molecule has 6 nitrogen and oxygen atoms in total. The standard InChI is InChI=1S/C27H26N2O4/c1-2-3-18-32-22-16-14-19(15-17-22)24-23-25(33-29(24)21-12-8-5-9-13-21)27(31)28(26(23)30)20-10-6-4-7-11-20/h4-17,23-25H,2-3,18H2,1H3/t23-,24+,25-/m1/s1. The SMILES string of the molecule is CCCCOc1ccc([C@H]2[C@H]3C(=O)N(c4ccccc4)C(=O)[C@@H]3ON2c2ccccc2)cc1. The number of para-hydroxylation sites is 2. The van der Waals surface area contributed by atoms with Crippen LogP contribution in [0.1, 0.15) is 31.4 Å². The normalized spacial score (nSPS) is 22.0. The average molecular weight is 443 g/mol. The van der Waals surface area contributed by atoms with Gasteiger partial charge in [-0.1, -0.05) is 61.9 Å². The van der Waals surface area contributed by atoms with Gasteiger partial charge >= 0.3 is 0 Å². The zero-order valence-electron chi connectivity index (χ0n) is 18.5. The Hall–Kier alpha value is -3.64. The zero-order chi connectivity index (χ0) is 22.8. The van der Waals surface area contributed by atoms with Crippen molar-refractivity contribution in [2.24, 2.45) is 5.92 Å². The van der Waals surface area contributed by atoms with Crippen molar-refractivity contribution in [3.8, 4) is 5.75 Å². The maximum atomic E-state index is 13.6. The van der Waals surface area contributed by atoms with Crippen LogP contribution in [-0.4, -0.2) is 24.5 Å². The largest absolute Gasteiger partial charge is 0.494 e. The van der Waals surface area contributed by atoms with Gasteiger partial charge in [0.05, 0.1) is 24.0 Å². The maximum absolute atomic E-state index is 13.6. The molecule has 0 N–H and O–H groups in total. The van der Waals surface area contributed by atoms with Crippen LogP contribution in [0.5, 0.6) is 5.75 Å². The highest BCUT2D eigenvalue weighted by molar-refractivity contribution is 6.23. The van der Waals surface area contributed by atoms with Crippen LogP contribution >= 0.6 is 0 Å². The van der Waals surface area contributed by atoms with Gasteiger partial charge in [-0.2, -0.15) is 0 Å². The molecule has 0 aliphatic carbocycles. The molecule has 0 bridgehead atoms. The molecule has 3 aromatic rings. The number of imide groups is 1. The molecule has 2 aliphatic rings. The number of hydrogen-bond acceptors (Lipinski definition) is 5. The van der Waals surface area contributed by atoms with Gasteiger partial charge in [0, 0.05) is 0 Å². The molecule has 6 heteroatoms. The summed E-state index contributed by atoms with van der Waals surface area (Å²) in [6, 6.07) is 25.9. The molecular weight excluding hydrogens is 416 g/mol. The second kappa shape index (κ2) is 9.08. The number of hydrogen-bond donors (Lipinski definition) is 0. The summed E-state index contributed by atoms with van der Waals surface area (Å²) in [5.41, 5.74) is 2.26. The zero-order valence-corrected chi connectivity index (χ0v) is 18.5. The Balaban J connectivity index is 1.50. The highest BCUT2D eigenvalue weighted by Crippen LogP contribution is 2.47. The van der Waals surface area contributed by atoms with Crippen molar-refractivity contribution >= 4 is 23.2 Å². The summed E-state index contributed by atoms with van der Waals surface area (Å²) in [6.07, 6.45) is 1.19. The van der Waals surface area contributed by atoms with E-state index in [0.29, 0.717) is 12.3 Å². The minimum absolute atomic E-state index is 0.247. The second-order valence-electron chi connectivity index (χ2n) is 8.28. The number of carbonyl (C=O) groups is 2. The summed E-state index contributed by atoms with van der Waals surface area (Å²) < 4.78 is 5.80.